The molecule has 0 spiro atoms. The van der Waals surface area contributed by atoms with Crippen LogP contribution in [0.2, 0.25) is 0 Å². The number of hydrogen-bond donors (Lipinski definition) is 1. The molecule has 3 aromatic rings. The molecule has 1 N–H and O–H groups in total. The Bertz CT molecular complexity index is 1050. The first-order valence-electron chi connectivity index (χ1n) is 12.9. The van der Waals surface area contributed by atoms with Crippen molar-refractivity contribution in [1.82, 2.24) is 4.90 Å². The highest BCUT2D eigenvalue weighted by molar-refractivity contribution is 5.37. The van der Waals surface area contributed by atoms with Gasteiger partial charge in [0.25, 0.3) is 0 Å². The predicted octanol–water partition coefficient (Wildman–Crippen LogP) is 6.68. The minimum Gasteiger partial charge on any atom is -0.494 e. The lowest BCUT2D eigenvalue weighted by Gasteiger charge is -2.42. The summed E-state index contributed by atoms with van der Waals surface area (Å²) in [5.41, 5.74) is 1.40. The van der Waals surface area contributed by atoms with E-state index in [4.69, 9.17) is 4.74 Å². The van der Waals surface area contributed by atoms with E-state index in [9.17, 15) is 13.9 Å². The average molecular weight is 494 g/mol. The molecule has 0 aromatic heterocycles. The van der Waals surface area contributed by atoms with Gasteiger partial charge in [0.1, 0.15) is 23.0 Å². The number of likely N-dealkylation sites (tertiary alicyclic amines) is 1. The van der Waals surface area contributed by atoms with Crippen LogP contribution in [0, 0.1) is 17.6 Å². The second kappa shape index (κ2) is 11.1. The number of aliphatic hydroxyl groups is 1. The molecule has 4 rings (SSSR count). The Morgan fingerprint density at radius 3 is 1.72 bits per heavy atom. The van der Waals surface area contributed by atoms with Crippen LogP contribution in [0.15, 0.2) is 72.8 Å². The first kappa shape index (κ1) is 26.3. The highest BCUT2D eigenvalue weighted by Crippen LogP contribution is 2.42. The van der Waals surface area contributed by atoms with Crippen LogP contribution in [0.1, 0.15) is 56.7 Å². The molecular weight excluding hydrogens is 456 g/mol. The van der Waals surface area contributed by atoms with E-state index >= 15 is 0 Å². The maximum Gasteiger partial charge on any atom is 0.123 e. The number of benzene rings is 3. The molecule has 0 aliphatic carbocycles. The Morgan fingerprint density at radius 2 is 1.25 bits per heavy atom. The molecule has 1 heterocycles. The molecule has 1 fully saturated rings. The number of ether oxygens (including phenoxy) is 1. The lowest BCUT2D eigenvalue weighted by molar-refractivity contribution is -0.0147. The second-order valence-corrected chi connectivity index (χ2v) is 10.9. The predicted molar refractivity (Wildman–Crippen MR) is 140 cm³/mol. The SMILES string of the molecule is CC(C)(C)c1ccc(OCCCN2CCC(C(O)(c3ccc(F)cc3)c3ccc(F)cc3)CC2)cc1. The lowest BCUT2D eigenvalue weighted by Crippen LogP contribution is -2.44. The van der Waals surface area contributed by atoms with Crippen molar-refractivity contribution in [3.8, 4) is 5.75 Å². The van der Waals surface area contributed by atoms with Gasteiger partial charge in [-0.25, -0.2) is 8.78 Å². The third-order valence-corrected chi connectivity index (χ3v) is 7.35. The van der Waals surface area contributed by atoms with Crippen LogP contribution in [0.5, 0.6) is 5.75 Å². The molecule has 0 unspecified atom stereocenters. The van der Waals surface area contributed by atoms with Gasteiger partial charge in [0.2, 0.25) is 0 Å². The zero-order valence-corrected chi connectivity index (χ0v) is 21.5. The molecule has 0 saturated carbocycles. The Morgan fingerprint density at radius 1 is 0.778 bits per heavy atom. The fourth-order valence-corrected chi connectivity index (χ4v) is 5.15. The fourth-order valence-electron chi connectivity index (χ4n) is 5.15. The number of rotatable bonds is 8. The van der Waals surface area contributed by atoms with Gasteiger partial charge >= 0.3 is 0 Å². The van der Waals surface area contributed by atoms with Crippen LogP contribution in [-0.2, 0) is 11.0 Å². The number of hydrogen-bond acceptors (Lipinski definition) is 3. The molecule has 0 atom stereocenters. The van der Waals surface area contributed by atoms with Gasteiger partial charge in [0.05, 0.1) is 6.61 Å². The van der Waals surface area contributed by atoms with Crippen molar-refractivity contribution in [2.45, 2.75) is 51.0 Å². The molecule has 0 bridgehead atoms. The number of nitrogens with zero attached hydrogens (tertiary/aromatic N) is 1. The Labute approximate surface area is 213 Å². The summed E-state index contributed by atoms with van der Waals surface area (Å²) in [6.07, 6.45) is 2.51. The van der Waals surface area contributed by atoms with Gasteiger partial charge in [-0.1, -0.05) is 57.2 Å². The van der Waals surface area contributed by atoms with Gasteiger partial charge in [-0.15, -0.1) is 0 Å². The van der Waals surface area contributed by atoms with Crippen LogP contribution >= 0.6 is 0 Å². The minimum absolute atomic E-state index is 0.0535. The molecule has 0 radical (unpaired) electrons. The highest BCUT2D eigenvalue weighted by atomic mass is 19.1. The summed E-state index contributed by atoms with van der Waals surface area (Å²) in [7, 11) is 0. The zero-order valence-electron chi connectivity index (χ0n) is 21.5. The molecule has 1 saturated heterocycles. The summed E-state index contributed by atoms with van der Waals surface area (Å²) in [5.74, 6) is 0.150. The average Bonchev–Trinajstić information content (AvgIpc) is 2.87. The quantitative estimate of drug-likeness (QED) is 0.355. The third-order valence-electron chi connectivity index (χ3n) is 7.35. The Balaban J connectivity index is 1.33. The summed E-state index contributed by atoms with van der Waals surface area (Å²) in [6.45, 7) is 9.90. The molecule has 3 nitrogen and oxygen atoms in total. The number of halogens is 2. The molecule has 3 aromatic carbocycles. The van der Waals surface area contributed by atoms with E-state index in [-0.39, 0.29) is 23.0 Å². The number of piperidine rings is 1. The molecule has 1 aliphatic heterocycles. The molecule has 1 aliphatic rings. The van der Waals surface area contributed by atoms with E-state index in [1.807, 2.05) is 12.1 Å². The van der Waals surface area contributed by atoms with Gasteiger partial charge in [0.15, 0.2) is 0 Å². The van der Waals surface area contributed by atoms with Crippen LogP contribution in [-0.4, -0.2) is 36.2 Å². The first-order valence-corrected chi connectivity index (χ1v) is 12.9. The molecule has 0 amide bonds. The van der Waals surface area contributed by atoms with Gasteiger partial charge in [-0.3, -0.25) is 0 Å². The first-order chi connectivity index (χ1) is 17.2. The van der Waals surface area contributed by atoms with E-state index in [1.165, 1.54) is 29.8 Å². The van der Waals surface area contributed by atoms with Crippen molar-refractivity contribution in [1.29, 1.82) is 0 Å². The Kier molecular flexibility index (Phi) is 8.11. The summed E-state index contributed by atoms with van der Waals surface area (Å²) >= 11 is 0. The van der Waals surface area contributed by atoms with Gasteiger partial charge < -0.3 is 14.7 Å². The van der Waals surface area contributed by atoms with Crippen molar-refractivity contribution in [2.75, 3.05) is 26.2 Å². The highest BCUT2D eigenvalue weighted by Gasteiger charge is 2.41. The van der Waals surface area contributed by atoms with Crippen molar-refractivity contribution in [2.24, 2.45) is 5.92 Å². The van der Waals surface area contributed by atoms with Crippen molar-refractivity contribution < 1.29 is 18.6 Å². The van der Waals surface area contributed by atoms with E-state index in [0.29, 0.717) is 17.7 Å². The molecular formula is C31H37F2NO2. The van der Waals surface area contributed by atoms with E-state index in [2.05, 4.69) is 37.8 Å². The van der Waals surface area contributed by atoms with Crippen LogP contribution in [0.25, 0.3) is 0 Å². The van der Waals surface area contributed by atoms with Crippen molar-refractivity contribution >= 4 is 0 Å². The largest absolute Gasteiger partial charge is 0.494 e. The summed E-state index contributed by atoms with van der Waals surface area (Å²) in [6, 6.07) is 20.4. The molecule has 36 heavy (non-hydrogen) atoms. The van der Waals surface area contributed by atoms with Crippen molar-refractivity contribution in [3.05, 3.63) is 101 Å². The summed E-state index contributed by atoms with van der Waals surface area (Å²) in [5, 5.41) is 12.0. The van der Waals surface area contributed by atoms with E-state index in [1.54, 1.807) is 24.3 Å². The van der Waals surface area contributed by atoms with Gasteiger partial charge in [0, 0.05) is 6.54 Å². The maximum atomic E-state index is 13.6. The van der Waals surface area contributed by atoms with Crippen molar-refractivity contribution in [3.63, 3.8) is 0 Å². The van der Waals surface area contributed by atoms with Gasteiger partial charge in [-0.2, -0.15) is 0 Å². The third kappa shape index (κ3) is 6.13. The van der Waals surface area contributed by atoms with Gasteiger partial charge in [-0.05, 0) is 96.8 Å². The standard InChI is InChI=1S/C31H37F2NO2/c1-30(2,3)23-9-15-29(16-10-23)36-22-4-19-34-20-17-26(18-21-34)31(35,24-5-11-27(32)12-6-24)25-7-13-28(33)14-8-25/h5-16,26,35H,4,17-22H2,1-3H3. The van der Waals surface area contributed by atoms with Crippen LogP contribution in [0.4, 0.5) is 8.78 Å². The lowest BCUT2D eigenvalue weighted by atomic mass is 9.72. The molecule has 5 heteroatoms. The van der Waals surface area contributed by atoms with Crippen LogP contribution < -0.4 is 4.74 Å². The van der Waals surface area contributed by atoms with E-state index in [0.717, 1.165) is 44.6 Å². The monoisotopic (exact) mass is 493 g/mol. The molecule has 192 valence electrons. The Hall–Kier alpha value is -2.76. The summed E-state index contributed by atoms with van der Waals surface area (Å²) < 4.78 is 33.1. The minimum atomic E-state index is -1.30. The smallest absolute Gasteiger partial charge is 0.123 e. The van der Waals surface area contributed by atoms with E-state index < -0.39 is 5.60 Å². The zero-order chi connectivity index (χ0) is 25.8. The second-order valence-electron chi connectivity index (χ2n) is 10.9. The fraction of sp³-hybridized carbons (Fsp3) is 0.419. The summed E-state index contributed by atoms with van der Waals surface area (Å²) in [4.78, 5) is 2.40. The van der Waals surface area contributed by atoms with Crippen LogP contribution in [0.3, 0.4) is 0 Å². The normalized spacial score (nSPS) is 15.7. The topological polar surface area (TPSA) is 32.7 Å². The maximum absolute atomic E-state index is 13.6.